The highest BCUT2D eigenvalue weighted by atomic mass is 16.5. The maximum absolute atomic E-state index is 12.2. The number of aromatic nitrogens is 2. The number of nitrogens with zero attached hydrogens (tertiary/aromatic N) is 1. The minimum absolute atomic E-state index is 0.0830. The fourth-order valence-corrected chi connectivity index (χ4v) is 2.90. The van der Waals surface area contributed by atoms with E-state index in [1.165, 1.54) is 0 Å². The van der Waals surface area contributed by atoms with Crippen LogP contribution in [0, 0.1) is 0 Å². The minimum atomic E-state index is -0.0830. The van der Waals surface area contributed by atoms with Crippen molar-refractivity contribution in [3.8, 4) is 17.1 Å². The van der Waals surface area contributed by atoms with Crippen LogP contribution in [-0.2, 0) is 13.0 Å². The number of hydrogen-bond donors (Lipinski definition) is 1. The number of allylic oxidation sites excluding steroid dienone is 1. The van der Waals surface area contributed by atoms with Gasteiger partial charge in [-0.1, -0.05) is 42.5 Å². The molecule has 0 fully saturated rings. The third-order valence-corrected chi connectivity index (χ3v) is 4.24. The Morgan fingerprint density at radius 3 is 2.64 bits per heavy atom. The zero-order chi connectivity index (χ0) is 17.1. The van der Waals surface area contributed by atoms with Gasteiger partial charge >= 0.3 is 0 Å². The predicted molar refractivity (Wildman–Crippen MR) is 98.4 cm³/mol. The molecule has 124 valence electrons. The quantitative estimate of drug-likeness (QED) is 0.787. The molecule has 0 amide bonds. The number of hydrogen-bond acceptors (Lipinski definition) is 3. The van der Waals surface area contributed by atoms with E-state index in [4.69, 9.17) is 4.74 Å². The van der Waals surface area contributed by atoms with Crippen molar-refractivity contribution in [1.82, 2.24) is 9.97 Å². The van der Waals surface area contributed by atoms with Crippen LogP contribution in [0.15, 0.2) is 65.5 Å². The van der Waals surface area contributed by atoms with E-state index in [9.17, 15) is 4.79 Å². The summed E-state index contributed by atoms with van der Waals surface area (Å²) in [6.07, 6.45) is 5.60. The van der Waals surface area contributed by atoms with Gasteiger partial charge in [-0.05, 0) is 42.7 Å². The summed E-state index contributed by atoms with van der Waals surface area (Å²) in [5, 5.41) is 0. The Bertz CT molecular complexity index is 957. The highest BCUT2D eigenvalue weighted by Crippen LogP contribution is 2.22. The molecule has 2 aromatic carbocycles. The molecule has 4 rings (SSSR count). The van der Waals surface area contributed by atoms with Crippen molar-refractivity contribution >= 4 is 6.08 Å². The number of benzene rings is 2. The Balaban J connectivity index is 1.53. The number of nitrogens with one attached hydrogen (secondary N) is 1. The zero-order valence-electron chi connectivity index (χ0n) is 13.7. The van der Waals surface area contributed by atoms with E-state index < -0.39 is 0 Å². The highest BCUT2D eigenvalue weighted by molar-refractivity contribution is 5.60. The van der Waals surface area contributed by atoms with Crippen LogP contribution in [0.3, 0.4) is 0 Å². The number of rotatable bonds is 4. The molecule has 0 radical (unpaired) electrons. The molecule has 3 aromatic rings. The molecule has 0 saturated carbocycles. The molecule has 0 aliphatic heterocycles. The first-order valence-electron chi connectivity index (χ1n) is 8.36. The topological polar surface area (TPSA) is 55.0 Å². The first-order valence-corrected chi connectivity index (χ1v) is 8.36. The molecule has 0 unspecified atom stereocenters. The Morgan fingerprint density at radius 1 is 1.04 bits per heavy atom. The molecule has 1 aliphatic rings. The van der Waals surface area contributed by atoms with Crippen LogP contribution >= 0.6 is 0 Å². The molecule has 0 saturated heterocycles. The molecule has 1 N–H and O–H groups in total. The lowest BCUT2D eigenvalue weighted by Crippen LogP contribution is -2.17. The van der Waals surface area contributed by atoms with Crippen LogP contribution in [0.4, 0.5) is 0 Å². The first kappa shape index (κ1) is 15.4. The number of aryl methyl sites for hydroxylation is 1. The van der Waals surface area contributed by atoms with Crippen LogP contribution in [0.2, 0.25) is 0 Å². The summed E-state index contributed by atoms with van der Waals surface area (Å²) in [5.74, 6) is 1.39. The van der Waals surface area contributed by atoms with Gasteiger partial charge in [0.2, 0.25) is 0 Å². The first-order chi connectivity index (χ1) is 12.3. The van der Waals surface area contributed by atoms with Crippen LogP contribution in [0.5, 0.6) is 5.75 Å². The summed E-state index contributed by atoms with van der Waals surface area (Å²) in [7, 11) is 0. The van der Waals surface area contributed by atoms with Crippen LogP contribution in [0.1, 0.15) is 23.2 Å². The Labute approximate surface area is 145 Å². The lowest BCUT2D eigenvalue weighted by atomic mass is 10.0. The Kier molecular flexibility index (Phi) is 4.17. The molecule has 1 aromatic heterocycles. The van der Waals surface area contributed by atoms with Gasteiger partial charge in [0.15, 0.2) is 0 Å². The summed E-state index contributed by atoms with van der Waals surface area (Å²) in [6.45, 7) is 0.528. The highest BCUT2D eigenvalue weighted by Gasteiger charge is 2.12. The Morgan fingerprint density at radius 2 is 1.84 bits per heavy atom. The number of H-pyrrole nitrogens is 1. The summed E-state index contributed by atoms with van der Waals surface area (Å²) in [5.41, 5.74) is 3.46. The lowest BCUT2D eigenvalue weighted by Gasteiger charge is -2.11. The van der Waals surface area contributed by atoms with Crippen LogP contribution in [-0.4, -0.2) is 9.97 Å². The van der Waals surface area contributed by atoms with E-state index in [2.05, 4.69) is 9.97 Å². The zero-order valence-corrected chi connectivity index (χ0v) is 13.7. The van der Waals surface area contributed by atoms with Crippen molar-refractivity contribution in [2.24, 2.45) is 0 Å². The number of fused-ring (bicyclic) bond motifs is 1. The second-order valence-corrected chi connectivity index (χ2v) is 6.01. The fourth-order valence-electron chi connectivity index (χ4n) is 2.90. The van der Waals surface area contributed by atoms with Gasteiger partial charge in [-0.2, -0.15) is 0 Å². The summed E-state index contributed by atoms with van der Waals surface area (Å²) in [6, 6.07) is 17.7. The average Bonchev–Trinajstić information content (AvgIpc) is 2.68. The smallest absolute Gasteiger partial charge is 0.258 e. The third kappa shape index (κ3) is 3.38. The average molecular weight is 330 g/mol. The van der Waals surface area contributed by atoms with E-state index in [-0.39, 0.29) is 5.56 Å². The van der Waals surface area contributed by atoms with Crippen molar-refractivity contribution in [3.63, 3.8) is 0 Å². The minimum Gasteiger partial charge on any atom is -0.489 e. The van der Waals surface area contributed by atoms with Crippen molar-refractivity contribution in [1.29, 1.82) is 0 Å². The van der Waals surface area contributed by atoms with E-state index in [1.807, 2.05) is 66.7 Å². The van der Waals surface area contributed by atoms with Crippen LogP contribution in [0.25, 0.3) is 17.5 Å². The second-order valence-electron chi connectivity index (χ2n) is 6.01. The molecule has 1 aliphatic carbocycles. The van der Waals surface area contributed by atoms with Crippen LogP contribution < -0.4 is 10.3 Å². The van der Waals surface area contributed by atoms with Gasteiger partial charge in [-0.25, -0.2) is 4.98 Å². The van der Waals surface area contributed by atoms with Crippen molar-refractivity contribution in [2.75, 3.05) is 0 Å². The molecule has 25 heavy (non-hydrogen) atoms. The van der Waals surface area contributed by atoms with Gasteiger partial charge in [0, 0.05) is 5.56 Å². The van der Waals surface area contributed by atoms with Gasteiger partial charge < -0.3 is 9.72 Å². The van der Waals surface area contributed by atoms with E-state index >= 15 is 0 Å². The monoisotopic (exact) mass is 330 g/mol. The summed E-state index contributed by atoms with van der Waals surface area (Å²) < 4.78 is 5.80. The van der Waals surface area contributed by atoms with Gasteiger partial charge in [-0.15, -0.1) is 0 Å². The SMILES string of the molecule is O=c1[nH]c(-c2ccc(OCc3ccccc3)cc2)nc2c1C=CCC2. The molecular formula is C21H18N2O2. The summed E-state index contributed by atoms with van der Waals surface area (Å²) in [4.78, 5) is 19.7. The van der Waals surface area contributed by atoms with Crippen molar-refractivity contribution < 1.29 is 4.74 Å². The van der Waals surface area contributed by atoms with Gasteiger partial charge in [0.1, 0.15) is 18.2 Å². The number of aromatic amines is 1. The predicted octanol–water partition coefficient (Wildman–Crippen LogP) is 3.98. The second kappa shape index (κ2) is 6.77. The largest absolute Gasteiger partial charge is 0.489 e. The molecule has 0 spiro atoms. The normalized spacial score (nSPS) is 12.6. The van der Waals surface area contributed by atoms with E-state index in [0.717, 1.165) is 35.4 Å². The molecule has 0 bridgehead atoms. The van der Waals surface area contributed by atoms with Gasteiger partial charge in [0.25, 0.3) is 5.56 Å². The van der Waals surface area contributed by atoms with Gasteiger partial charge in [0.05, 0.1) is 11.3 Å². The van der Waals surface area contributed by atoms with Crippen molar-refractivity contribution in [3.05, 3.63) is 87.8 Å². The molecule has 0 atom stereocenters. The van der Waals surface area contributed by atoms with Gasteiger partial charge in [-0.3, -0.25) is 4.79 Å². The maximum atomic E-state index is 12.2. The fraction of sp³-hybridized carbons (Fsp3) is 0.143. The van der Waals surface area contributed by atoms with E-state index in [0.29, 0.717) is 18.0 Å². The third-order valence-electron chi connectivity index (χ3n) is 4.24. The molecule has 4 heteroatoms. The standard InChI is InChI=1S/C21H18N2O2/c24-21-18-8-4-5-9-19(18)22-20(23-21)16-10-12-17(13-11-16)25-14-15-6-2-1-3-7-15/h1-4,6-8,10-13H,5,9,14H2,(H,22,23,24). The molecular weight excluding hydrogens is 312 g/mol. The Hall–Kier alpha value is -3.14. The lowest BCUT2D eigenvalue weighted by molar-refractivity contribution is 0.306. The molecule has 1 heterocycles. The van der Waals surface area contributed by atoms with E-state index in [1.54, 1.807) is 0 Å². The number of ether oxygens (including phenoxy) is 1. The summed E-state index contributed by atoms with van der Waals surface area (Å²) >= 11 is 0. The molecule has 4 nitrogen and oxygen atoms in total. The maximum Gasteiger partial charge on any atom is 0.258 e. The van der Waals surface area contributed by atoms with Crippen molar-refractivity contribution in [2.45, 2.75) is 19.4 Å².